The highest BCUT2D eigenvalue weighted by molar-refractivity contribution is 5.55. The molecule has 6 heteroatoms. The van der Waals surface area contributed by atoms with Gasteiger partial charge in [-0.05, 0) is 43.2 Å². The Labute approximate surface area is 183 Å². The number of aromatic nitrogens is 3. The van der Waals surface area contributed by atoms with Gasteiger partial charge in [-0.2, -0.15) is 0 Å². The van der Waals surface area contributed by atoms with Crippen molar-refractivity contribution in [1.82, 2.24) is 19.9 Å². The molecule has 2 bridgehead atoms. The molecule has 5 rings (SSSR count). The third kappa shape index (κ3) is 3.82. The minimum Gasteiger partial charge on any atom is -0.497 e. The molecule has 2 aliphatic rings. The van der Waals surface area contributed by atoms with Crippen LogP contribution in [0.4, 0.5) is 0 Å². The number of pyridine rings is 1. The Morgan fingerprint density at radius 3 is 2.35 bits per heavy atom. The number of ether oxygens (including phenoxy) is 1. The van der Waals surface area contributed by atoms with Gasteiger partial charge in [-0.25, -0.2) is 9.97 Å². The number of nitrogens with zero attached hydrogens (tertiary/aromatic N) is 4. The average molecular weight is 417 g/mol. The number of hydrogen-bond donors (Lipinski definition) is 1. The van der Waals surface area contributed by atoms with Gasteiger partial charge < -0.3 is 9.84 Å². The first kappa shape index (κ1) is 20.1. The van der Waals surface area contributed by atoms with Gasteiger partial charge in [-0.3, -0.25) is 9.88 Å². The Hall–Kier alpha value is -2.83. The number of fused-ring (bicyclic) bond motifs is 2. The quantitative estimate of drug-likeness (QED) is 0.684. The van der Waals surface area contributed by atoms with E-state index in [0.717, 1.165) is 54.9 Å². The second-order valence-electron chi connectivity index (χ2n) is 8.73. The van der Waals surface area contributed by atoms with Crippen molar-refractivity contribution in [1.29, 1.82) is 0 Å². The van der Waals surface area contributed by atoms with Crippen LogP contribution in [0.3, 0.4) is 0 Å². The van der Waals surface area contributed by atoms with Crippen LogP contribution in [0.1, 0.15) is 30.4 Å². The predicted octanol–water partition coefficient (Wildman–Crippen LogP) is 3.67. The number of methoxy groups -OCH3 is 1. The van der Waals surface area contributed by atoms with Gasteiger partial charge in [-0.1, -0.05) is 12.5 Å². The maximum absolute atomic E-state index is 11.7. The van der Waals surface area contributed by atoms with Crippen LogP contribution in [0.25, 0.3) is 11.4 Å². The first-order chi connectivity index (χ1) is 15.2. The molecule has 0 radical (unpaired) electrons. The van der Waals surface area contributed by atoms with Gasteiger partial charge in [0.1, 0.15) is 5.75 Å². The van der Waals surface area contributed by atoms with Crippen LogP contribution in [0.5, 0.6) is 5.75 Å². The maximum Gasteiger partial charge on any atom is 0.159 e. The molecular weight excluding hydrogens is 388 g/mol. The lowest BCUT2D eigenvalue weighted by Crippen LogP contribution is -2.57. The summed E-state index contributed by atoms with van der Waals surface area (Å²) in [5, 5.41) is 11.7. The summed E-state index contributed by atoms with van der Waals surface area (Å²) in [7, 11) is 1.66. The molecule has 160 valence electrons. The fourth-order valence-electron chi connectivity index (χ4n) is 5.33. The standard InChI is InChI=1S/C25H28N4O2/c1-31-23-9-7-19(8-10-23)24-27-12-18(13-28-24)15-29-16-21-4-2-5-22(17-29)25(21,30)20-6-3-11-26-14-20/h3,6-14,21-22,30H,2,4-5,15-17H2,1H3/t21-,22-/m1/s1. The van der Waals surface area contributed by atoms with Crippen LogP contribution in [0.15, 0.2) is 61.2 Å². The van der Waals surface area contributed by atoms with Crippen molar-refractivity contribution in [2.45, 2.75) is 31.4 Å². The summed E-state index contributed by atoms with van der Waals surface area (Å²) >= 11 is 0. The zero-order valence-corrected chi connectivity index (χ0v) is 17.8. The predicted molar refractivity (Wildman–Crippen MR) is 118 cm³/mol. The minimum atomic E-state index is -0.766. The van der Waals surface area contributed by atoms with Gasteiger partial charge in [-0.15, -0.1) is 0 Å². The molecule has 2 aromatic heterocycles. The maximum atomic E-state index is 11.7. The van der Waals surface area contributed by atoms with Crippen LogP contribution < -0.4 is 4.74 Å². The molecule has 1 aliphatic heterocycles. The number of hydrogen-bond acceptors (Lipinski definition) is 6. The minimum absolute atomic E-state index is 0.226. The molecule has 1 aliphatic carbocycles. The lowest BCUT2D eigenvalue weighted by atomic mass is 9.63. The van der Waals surface area contributed by atoms with Crippen molar-refractivity contribution in [2.24, 2.45) is 11.8 Å². The van der Waals surface area contributed by atoms with Gasteiger partial charge in [0.15, 0.2) is 5.82 Å². The summed E-state index contributed by atoms with van der Waals surface area (Å²) in [6.07, 6.45) is 10.7. The summed E-state index contributed by atoms with van der Waals surface area (Å²) in [6, 6.07) is 11.7. The topological polar surface area (TPSA) is 71.4 Å². The lowest BCUT2D eigenvalue weighted by molar-refractivity contribution is -0.148. The van der Waals surface area contributed by atoms with Crippen molar-refractivity contribution in [3.8, 4) is 17.1 Å². The van der Waals surface area contributed by atoms with Crippen molar-refractivity contribution in [3.63, 3.8) is 0 Å². The van der Waals surface area contributed by atoms with Gasteiger partial charge in [0.05, 0.1) is 12.7 Å². The molecule has 31 heavy (non-hydrogen) atoms. The van der Waals surface area contributed by atoms with Crippen LogP contribution in [0, 0.1) is 11.8 Å². The first-order valence-electron chi connectivity index (χ1n) is 11.0. The van der Waals surface area contributed by atoms with E-state index in [4.69, 9.17) is 4.74 Å². The highest BCUT2D eigenvalue weighted by Gasteiger charge is 2.51. The van der Waals surface area contributed by atoms with Gasteiger partial charge in [0.2, 0.25) is 0 Å². The smallest absolute Gasteiger partial charge is 0.159 e. The van der Waals surface area contributed by atoms with Crippen molar-refractivity contribution >= 4 is 0 Å². The molecule has 0 unspecified atom stereocenters. The van der Waals surface area contributed by atoms with E-state index >= 15 is 0 Å². The normalized spacial score (nSPS) is 25.9. The molecule has 2 fully saturated rings. The molecule has 3 heterocycles. The van der Waals surface area contributed by atoms with E-state index in [-0.39, 0.29) is 11.8 Å². The molecule has 1 saturated heterocycles. The third-order valence-electron chi connectivity index (χ3n) is 6.89. The van der Waals surface area contributed by atoms with E-state index in [1.165, 1.54) is 6.42 Å². The van der Waals surface area contributed by atoms with Crippen molar-refractivity contribution in [3.05, 3.63) is 72.3 Å². The van der Waals surface area contributed by atoms with Gasteiger partial charge in [0.25, 0.3) is 0 Å². The summed E-state index contributed by atoms with van der Waals surface area (Å²) in [4.78, 5) is 15.9. The second kappa shape index (κ2) is 8.36. The Morgan fingerprint density at radius 1 is 1.03 bits per heavy atom. The van der Waals surface area contributed by atoms with E-state index in [0.29, 0.717) is 5.82 Å². The van der Waals surface area contributed by atoms with Gasteiger partial charge in [0, 0.05) is 72.9 Å². The number of likely N-dealkylation sites (tertiary alicyclic amines) is 1. The van der Waals surface area contributed by atoms with E-state index in [1.807, 2.05) is 55.0 Å². The number of rotatable bonds is 5. The number of benzene rings is 1. The molecule has 1 saturated carbocycles. The summed E-state index contributed by atoms with van der Waals surface area (Å²) in [5.74, 6) is 1.99. The van der Waals surface area contributed by atoms with Crippen LogP contribution in [-0.4, -0.2) is 45.2 Å². The van der Waals surface area contributed by atoms with Crippen LogP contribution in [0.2, 0.25) is 0 Å². The largest absolute Gasteiger partial charge is 0.497 e. The number of piperidine rings is 1. The van der Waals surface area contributed by atoms with E-state index < -0.39 is 5.60 Å². The fourth-order valence-corrected chi connectivity index (χ4v) is 5.33. The van der Waals surface area contributed by atoms with Gasteiger partial charge >= 0.3 is 0 Å². The molecule has 0 spiro atoms. The molecule has 0 amide bonds. The fraction of sp³-hybridized carbons (Fsp3) is 0.400. The molecule has 3 aromatic rings. The molecule has 1 N–H and O–H groups in total. The van der Waals surface area contributed by atoms with E-state index in [2.05, 4.69) is 19.9 Å². The summed E-state index contributed by atoms with van der Waals surface area (Å²) in [5.41, 5.74) is 2.28. The number of aliphatic hydroxyl groups is 1. The monoisotopic (exact) mass is 416 g/mol. The third-order valence-corrected chi connectivity index (χ3v) is 6.89. The van der Waals surface area contributed by atoms with Crippen LogP contribution >= 0.6 is 0 Å². The van der Waals surface area contributed by atoms with Crippen molar-refractivity contribution in [2.75, 3.05) is 20.2 Å². The Kier molecular flexibility index (Phi) is 5.42. The first-order valence-corrected chi connectivity index (χ1v) is 11.0. The molecule has 2 atom stereocenters. The summed E-state index contributed by atoms with van der Waals surface area (Å²) < 4.78 is 5.22. The van der Waals surface area contributed by atoms with Crippen LogP contribution in [-0.2, 0) is 12.1 Å². The van der Waals surface area contributed by atoms with Crippen molar-refractivity contribution < 1.29 is 9.84 Å². The Bertz CT molecular complexity index is 994. The zero-order chi connectivity index (χ0) is 21.3. The second-order valence-corrected chi connectivity index (χ2v) is 8.73. The molecular formula is C25H28N4O2. The highest BCUT2D eigenvalue weighted by atomic mass is 16.5. The Morgan fingerprint density at radius 2 is 1.74 bits per heavy atom. The zero-order valence-electron chi connectivity index (χ0n) is 17.8. The summed E-state index contributed by atoms with van der Waals surface area (Å²) in [6.45, 7) is 2.56. The molecule has 6 nitrogen and oxygen atoms in total. The molecule has 1 aromatic carbocycles. The Balaban J connectivity index is 1.29. The highest BCUT2D eigenvalue weighted by Crippen LogP contribution is 2.49. The van der Waals surface area contributed by atoms with E-state index in [1.54, 1.807) is 13.3 Å². The SMILES string of the molecule is COc1ccc(-c2ncc(CN3C[C@H]4CCC[C@H](C3)C4(O)c3cccnc3)cn2)cc1. The van der Waals surface area contributed by atoms with E-state index in [9.17, 15) is 5.11 Å². The average Bonchev–Trinajstić information content (AvgIpc) is 2.81. The lowest BCUT2D eigenvalue weighted by Gasteiger charge is -2.53.